The molecule has 1 N–H and O–H groups in total. The topological polar surface area (TPSA) is 117 Å². The van der Waals surface area contributed by atoms with Crippen LogP contribution in [0.2, 0.25) is 0 Å². The van der Waals surface area contributed by atoms with E-state index < -0.39 is 53.2 Å². The van der Waals surface area contributed by atoms with Crippen molar-refractivity contribution in [1.29, 1.82) is 10.5 Å². The summed E-state index contributed by atoms with van der Waals surface area (Å²) in [6.07, 6.45) is -5.01. The molecule has 0 unspecified atom stereocenters. The van der Waals surface area contributed by atoms with E-state index in [1.165, 1.54) is 28.0 Å². The third-order valence-electron chi connectivity index (χ3n) is 9.79. The average molecular weight is 646 g/mol. The number of likely N-dealkylation sites (tertiary alicyclic amines) is 1. The van der Waals surface area contributed by atoms with E-state index in [4.69, 9.17) is 0 Å². The Morgan fingerprint density at radius 3 is 2.02 bits per heavy atom. The van der Waals surface area contributed by atoms with Crippen molar-refractivity contribution in [3.8, 4) is 12.1 Å². The molecule has 2 amide bonds. The van der Waals surface area contributed by atoms with Gasteiger partial charge in [-0.1, -0.05) is 84.9 Å². The second-order valence-corrected chi connectivity index (χ2v) is 12.3. The molecule has 4 aromatic carbocycles. The highest BCUT2D eigenvalue weighted by atomic mass is 19.4. The molecule has 11 heteroatoms. The van der Waals surface area contributed by atoms with Gasteiger partial charge in [-0.05, 0) is 34.9 Å². The highest BCUT2D eigenvalue weighted by Gasteiger charge is 2.81. The predicted octanol–water partition coefficient (Wildman–Crippen LogP) is 5.09. The number of ketones is 1. The maximum absolute atomic E-state index is 15.4. The molecule has 0 saturated carbocycles. The van der Waals surface area contributed by atoms with Gasteiger partial charge in [-0.3, -0.25) is 19.7 Å². The highest BCUT2D eigenvalue weighted by Crippen LogP contribution is 2.65. The van der Waals surface area contributed by atoms with Gasteiger partial charge in [0.25, 0.3) is 11.8 Å². The number of para-hydroxylation sites is 1. The first-order chi connectivity index (χ1) is 23.1. The molecule has 4 atom stereocenters. The van der Waals surface area contributed by atoms with Gasteiger partial charge in [0.05, 0.1) is 23.1 Å². The zero-order chi connectivity index (χ0) is 33.8. The van der Waals surface area contributed by atoms with Crippen molar-refractivity contribution in [3.63, 3.8) is 0 Å². The number of fused-ring (bicyclic) bond motifs is 3. The molecule has 0 bridgehead atoms. The first-order valence-electron chi connectivity index (χ1n) is 15.2. The van der Waals surface area contributed by atoms with Crippen LogP contribution in [0, 0.1) is 28.1 Å². The molecule has 0 aliphatic carbocycles. The van der Waals surface area contributed by atoms with Crippen LogP contribution in [0.3, 0.4) is 0 Å². The molecule has 0 radical (unpaired) electrons. The molecule has 3 heterocycles. The summed E-state index contributed by atoms with van der Waals surface area (Å²) in [5, 5.41) is 22.0. The van der Waals surface area contributed by atoms with Crippen LogP contribution in [-0.4, -0.2) is 41.3 Å². The fourth-order valence-corrected chi connectivity index (χ4v) is 7.84. The summed E-state index contributed by atoms with van der Waals surface area (Å²) in [5.41, 5.74) is -3.14. The number of hydrogen-bond donors (Lipinski definition) is 1. The maximum atomic E-state index is 15.4. The first-order valence-corrected chi connectivity index (χ1v) is 15.2. The van der Waals surface area contributed by atoms with E-state index in [1.54, 1.807) is 78.9 Å². The van der Waals surface area contributed by atoms with Crippen molar-refractivity contribution < 1.29 is 27.6 Å². The van der Waals surface area contributed by atoms with Gasteiger partial charge >= 0.3 is 6.18 Å². The molecule has 2 fully saturated rings. The van der Waals surface area contributed by atoms with E-state index in [-0.39, 0.29) is 35.3 Å². The van der Waals surface area contributed by atoms with Gasteiger partial charge < -0.3 is 9.80 Å². The number of amides is 2. The van der Waals surface area contributed by atoms with Crippen LogP contribution >= 0.6 is 0 Å². The molecule has 3 aliphatic heterocycles. The average Bonchev–Trinajstić information content (AvgIpc) is 3.64. The molecular formula is C37H26F3N5O3. The van der Waals surface area contributed by atoms with Crippen LogP contribution in [-0.2, 0) is 33.0 Å². The Kier molecular flexibility index (Phi) is 7.19. The second kappa shape index (κ2) is 11.2. The predicted molar refractivity (Wildman–Crippen MR) is 167 cm³/mol. The van der Waals surface area contributed by atoms with Gasteiger partial charge in [-0.15, -0.1) is 0 Å². The number of nitrogens with zero attached hydrogens (tertiary/aromatic N) is 4. The Labute approximate surface area is 273 Å². The smallest absolute Gasteiger partial charge is 0.331 e. The van der Waals surface area contributed by atoms with E-state index >= 15 is 18.0 Å². The van der Waals surface area contributed by atoms with E-state index in [2.05, 4.69) is 5.32 Å². The lowest BCUT2D eigenvalue weighted by molar-refractivity contribution is -0.159. The number of nitrogens with one attached hydrogen (secondary N) is 1. The molecule has 2 spiro atoms. The number of nitriles is 2. The minimum atomic E-state index is -5.01. The Balaban J connectivity index is 1.50. The van der Waals surface area contributed by atoms with Crippen molar-refractivity contribution in [2.24, 2.45) is 5.41 Å². The number of benzene rings is 4. The summed E-state index contributed by atoms with van der Waals surface area (Å²) in [7, 11) is 0. The molecule has 4 aromatic rings. The van der Waals surface area contributed by atoms with Gasteiger partial charge in [0.2, 0.25) is 5.78 Å². The number of rotatable bonds is 5. The van der Waals surface area contributed by atoms with Crippen LogP contribution in [0.5, 0.6) is 0 Å². The SMILES string of the molecule is N#Cc1ccc([C@@H]2[C@@H](C(F)(F)F)N[C@]3(C(=O)N(Cc4ccccc4)c4ccccc43)[C@]23CN(Cc2ccccc2)C(=O)C3=O)cc1C#N. The lowest BCUT2D eigenvalue weighted by Crippen LogP contribution is -2.60. The number of Topliss-reactive ketones (excluding diaryl/α,β-unsaturated/α-hetero) is 1. The second-order valence-electron chi connectivity index (χ2n) is 12.3. The lowest BCUT2D eigenvalue weighted by Gasteiger charge is -2.40. The van der Waals surface area contributed by atoms with Crippen molar-refractivity contribution >= 4 is 23.3 Å². The summed E-state index contributed by atoms with van der Waals surface area (Å²) >= 11 is 0. The third kappa shape index (κ3) is 4.35. The van der Waals surface area contributed by atoms with E-state index in [0.29, 0.717) is 16.8 Å². The minimum Gasteiger partial charge on any atom is -0.331 e. The van der Waals surface area contributed by atoms with Gasteiger partial charge in [-0.2, -0.15) is 23.7 Å². The fraction of sp³-hybridized carbons (Fsp3) is 0.216. The molecule has 8 nitrogen and oxygen atoms in total. The van der Waals surface area contributed by atoms with Crippen LogP contribution in [0.1, 0.15) is 39.3 Å². The van der Waals surface area contributed by atoms with Gasteiger partial charge in [0, 0.05) is 30.3 Å². The normalized spacial score (nSPS) is 24.7. The molecule has 7 rings (SSSR count). The number of halogens is 3. The number of carbonyl (C=O) groups is 3. The standard InChI is InChI=1S/C37H26F3N5O3/c38-37(39,40)31-30(25-15-16-26(18-41)27(17-25)19-42)35(22-44(33(47)32(35)46)20-23-9-3-1-4-10-23)36(43-31)28-13-7-8-14-29(28)45(34(36)48)21-24-11-5-2-6-12-24/h1-17,30-31,43H,20-22H2/t30-,31+,35-,36-/m1/s1. The fourth-order valence-electron chi connectivity index (χ4n) is 7.84. The number of carbonyl (C=O) groups excluding carboxylic acids is 3. The van der Waals surface area contributed by atoms with Crippen molar-refractivity contribution in [2.45, 2.75) is 36.8 Å². The number of anilines is 1. The number of hydrogen-bond acceptors (Lipinski definition) is 6. The molecule has 2 saturated heterocycles. The largest absolute Gasteiger partial charge is 0.404 e. The molecule has 48 heavy (non-hydrogen) atoms. The lowest BCUT2D eigenvalue weighted by atomic mass is 9.59. The molecular weight excluding hydrogens is 619 g/mol. The summed E-state index contributed by atoms with van der Waals surface area (Å²) in [6, 6.07) is 29.0. The summed E-state index contributed by atoms with van der Waals surface area (Å²) in [6.45, 7) is -0.583. The zero-order valence-electron chi connectivity index (χ0n) is 25.2. The van der Waals surface area contributed by atoms with Gasteiger partial charge in [0.15, 0.2) is 0 Å². The summed E-state index contributed by atoms with van der Waals surface area (Å²) in [4.78, 5) is 46.4. The molecule has 238 valence electrons. The highest BCUT2D eigenvalue weighted by molar-refractivity contribution is 6.42. The van der Waals surface area contributed by atoms with Crippen LogP contribution in [0.25, 0.3) is 0 Å². The quantitative estimate of drug-likeness (QED) is 0.303. The van der Waals surface area contributed by atoms with E-state index in [1.807, 2.05) is 12.1 Å². The Bertz CT molecular complexity index is 2060. The maximum Gasteiger partial charge on any atom is 0.404 e. The van der Waals surface area contributed by atoms with Crippen molar-refractivity contribution in [3.05, 3.63) is 137 Å². The van der Waals surface area contributed by atoms with Gasteiger partial charge in [-0.25, -0.2) is 0 Å². The Hall–Kier alpha value is -5.78. The Morgan fingerprint density at radius 1 is 0.792 bits per heavy atom. The van der Waals surface area contributed by atoms with E-state index in [0.717, 1.165) is 6.07 Å². The molecule has 0 aromatic heterocycles. The van der Waals surface area contributed by atoms with Crippen LogP contribution in [0.4, 0.5) is 18.9 Å². The van der Waals surface area contributed by atoms with Gasteiger partial charge in [0.1, 0.15) is 23.7 Å². The zero-order valence-corrected chi connectivity index (χ0v) is 25.2. The molecule has 3 aliphatic rings. The first kappa shape index (κ1) is 30.9. The van der Waals surface area contributed by atoms with E-state index in [9.17, 15) is 20.1 Å². The minimum absolute atomic E-state index is 0.00284. The Morgan fingerprint density at radius 2 is 1.40 bits per heavy atom. The summed E-state index contributed by atoms with van der Waals surface area (Å²) < 4.78 is 46.2. The van der Waals surface area contributed by atoms with Crippen molar-refractivity contribution in [2.75, 3.05) is 11.4 Å². The third-order valence-corrected chi connectivity index (χ3v) is 9.79. The van der Waals surface area contributed by atoms with Crippen LogP contribution < -0.4 is 10.2 Å². The van der Waals surface area contributed by atoms with Crippen LogP contribution in [0.15, 0.2) is 103 Å². The van der Waals surface area contributed by atoms with Crippen molar-refractivity contribution in [1.82, 2.24) is 10.2 Å². The monoisotopic (exact) mass is 645 g/mol. The number of alkyl halides is 3. The summed E-state index contributed by atoms with van der Waals surface area (Å²) in [5.74, 6) is -4.76.